The highest BCUT2D eigenvalue weighted by atomic mass is 16.6. The Labute approximate surface area is 329 Å². The van der Waals surface area contributed by atoms with Crippen molar-refractivity contribution in [1.29, 1.82) is 0 Å². The molecule has 0 bridgehead atoms. The van der Waals surface area contributed by atoms with Gasteiger partial charge in [0, 0.05) is 18.9 Å². The van der Waals surface area contributed by atoms with Crippen molar-refractivity contribution < 1.29 is 38.2 Å². The Kier molecular flexibility index (Phi) is 13.1. The molecule has 298 valence electrons. The first-order chi connectivity index (χ1) is 26.9. The third kappa shape index (κ3) is 10.1. The maximum Gasteiger partial charge on any atom is 0.407 e. The lowest BCUT2D eigenvalue weighted by Gasteiger charge is -2.35. The van der Waals surface area contributed by atoms with E-state index in [1.807, 2.05) is 66.7 Å². The normalized spacial score (nSPS) is 19.2. The predicted molar refractivity (Wildman–Crippen MR) is 210 cm³/mol. The fraction of sp³-hybridized carbons (Fsp3) is 0.477. The zero-order valence-corrected chi connectivity index (χ0v) is 32.8. The van der Waals surface area contributed by atoms with Crippen LogP contribution in [-0.2, 0) is 40.0 Å². The maximum atomic E-state index is 14.6. The predicted octanol–water partition coefficient (Wildman–Crippen LogP) is 5.62. The lowest BCUT2D eigenvalue weighted by Crippen LogP contribution is -2.58. The number of carbonyl (C=O) groups is 5. The van der Waals surface area contributed by atoms with Crippen molar-refractivity contribution in [2.24, 2.45) is 5.92 Å². The molecule has 0 spiro atoms. The van der Waals surface area contributed by atoms with Gasteiger partial charge < -0.3 is 29.7 Å². The van der Waals surface area contributed by atoms with Gasteiger partial charge in [0.15, 0.2) is 0 Å². The van der Waals surface area contributed by atoms with Gasteiger partial charge in [0.2, 0.25) is 11.8 Å². The highest BCUT2D eigenvalue weighted by molar-refractivity contribution is 5.93. The minimum absolute atomic E-state index is 0.0201. The molecule has 0 radical (unpaired) electrons. The molecule has 2 aliphatic carbocycles. The smallest absolute Gasteiger partial charge is 0.407 e. The summed E-state index contributed by atoms with van der Waals surface area (Å²) in [5.74, 6) is -2.25. The van der Waals surface area contributed by atoms with Gasteiger partial charge in [0.1, 0.15) is 30.9 Å². The minimum Gasteiger partial charge on any atom is -0.459 e. The molecule has 4 atom stereocenters. The molecular formula is C44H54N4O8. The maximum absolute atomic E-state index is 14.6. The molecular weight excluding hydrogens is 713 g/mol. The van der Waals surface area contributed by atoms with Crippen molar-refractivity contribution in [3.63, 3.8) is 0 Å². The molecule has 3 aliphatic rings. The summed E-state index contributed by atoms with van der Waals surface area (Å²) in [4.78, 5) is 69.2. The Morgan fingerprint density at radius 3 is 2.09 bits per heavy atom. The number of nitrogens with zero attached hydrogens (tertiary/aromatic N) is 1. The number of nitrogens with one attached hydrogen (secondary N) is 3. The summed E-state index contributed by atoms with van der Waals surface area (Å²) in [6, 6.07) is 22.1. The Balaban J connectivity index is 1.15. The number of rotatable bonds is 13. The molecule has 1 aliphatic heterocycles. The van der Waals surface area contributed by atoms with Crippen LogP contribution in [0.15, 0.2) is 78.9 Å². The summed E-state index contributed by atoms with van der Waals surface area (Å²) >= 11 is 0. The van der Waals surface area contributed by atoms with Gasteiger partial charge >= 0.3 is 18.0 Å². The quantitative estimate of drug-likeness (QED) is 0.149. The third-order valence-electron chi connectivity index (χ3n) is 10.8. The van der Waals surface area contributed by atoms with E-state index in [0.717, 1.165) is 59.9 Å². The lowest BCUT2D eigenvalue weighted by molar-refractivity contribution is -0.155. The number of ether oxygens (including phenoxy) is 3. The van der Waals surface area contributed by atoms with Crippen LogP contribution in [0.25, 0.3) is 11.1 Å². The topological polar surface area (TPSA) is 152 Å². The molecule has 12 heteroatoms. The zero-order valence-electron chi connectivity index (χ0n) is 32.8. The van der Waals surface area contributed by atoms with Crippen molar-refractivity contribution >= 4 is 29.8 Å². The van der Waals surface area contributed by atoms with Gasteiger partial charge in [-0.1, -0.05) is 98.1 Å². The van der Waals surface area contributed by atoms with E-state index in [1.54, 1.807) is 27.7 Å². The van der Waals surface area contributed by atoms with E-state index >= 15 is 0 Å². The molecule has 1 unspecified atom stereocenters. The molecule has 6 rings (SSSR count). The Bertz CT molecular complexity index is 1830. The van der Waals surface area contributed by atoms with Gasteiger partial charge in [-0.2, -0.15) is 0 Å². The van der Waals surface area contributed by atoms with E-state index in [1.165, 1.54) is 4.90 Å². The van der Waals surface area contributed by atoms with Gasteiger partial charge in [0.25, 0.3) is 0 Å². The van der Waals surface area contributed by atoms with E-state index in [0.29, 0.717) is 0 Å². The van der Waals surface area contributed by atoms with E-state index in [4.69, 9.17) is 14.2 Å². The van der Waals surface area contributed by atoms with Crippen molar-refractivity contribution in [2.75, 3.05) is 19.7 Å². The summed E-state index contributed by atoms with van der Waals surface area (Å²) in [6.07, 6.45) is 3.77. The summed E-state index contributed by atoms with van der Waals surface area (Å²) in [5, 5.41) is 8.78. The monoisotopic (exact) mass is 766 g/mol. The second-order valence-electron chi connectivity index (χ2n) is 16.1. The first-order valence-corrected chi connectivity index (χ1v) is 19.8. The number of benzene rings is 3. The fourth-order valence-electron chi connectivity index (χ4n) is 8.05. The summed E-state index contributed by atoms with van der Waals surface area (Å²) in [6.45, 7) is 6.90. The van der Waals surface area contributed by atoms with E-state index in [9.17, 15) is 24.0 Å². The van der Waals surface area contributed by atoms with Crippen LogP contribution in [0.3, 0.4) is 0 Å². The average molecular weight is 767 g/mol. The van der Waals surface area contributed by atoms with Gasteiger partial charge in [-0.25, -0.2) is 9.59 Å². The number of esters is 2. The Morgan fingerprint density at radius 2 is 1.45 bits per heavy atom. The number of carbonyl (C=O) groups excluding carboxylic acids is 5. The molecule has 2 fully saturated rings. The highest BCUT2D eigenvalue weighted by Crippen LogP contribution is 2.44. The van der Waals surface area contributed by atoms with Gasteiger partial charge in [-0.3, -0.25) is 19.7 Å². The molecule has 3 N–H and O–H groups in total. The summed E-state index contributed by atoms with van der Waals surface area (Å²) < 4.78 is 16.9. The number of amides is 3. The zero-order chi connectivity index (χ0) is 39.8. The number of alkyl carbamates (subject to hydrolysis) is 1. The number of hydrogen-bond acceptors (Lipinski definition) is 9. The Hall–Kier alpha value is -5.23. The van der Waals surface area contributed by atoms with Crippen LogP contribution >= 0.6 is 0 Å². The van der Waals surface area contributed by atoms with Crippen LogP contribution in [0.2, 0.25) is 0 Å². The van der Waals surface area contributed by atoms with Crippen LogP contribution in [0, 0.1) is 5.92 Å². The fourth-order valence-corrected chi connectivity index (χ4v) is 8.05. The van der Waals surface area contributed by atoms with Crippen LogP contribution in [-0.4, -0.2) is 84.2 Å². The average Bonchev–Trinajstić information content (AvgIpc) is 3.76. The van der Waals surface area contributed by atoms with Crippen molar-refractivity contribution in [3.8, 4) is 11.1 Å². The second-order valence-corrected chi connectivity index (χ2v) is 16.1. The van der Waals surface area contributed by atoms with E-state index < -0.39 is 59.6 Å². The molecule has 0 aromatic heterocycles. The highest BCUT2D eigenvalue weighted by Gasteiger charge is 2.45. The van der Waals surface area contributed by atoms with Crippen molar-refractivity contribution in [3.05, 3.63) is 95.6 Å². The molecule has 3 aromatic carbocycles. The van der Waals surface area contributed by atoms with Crippen molar-refractivity contribution in [2.45, 2.75) is 109 Å². The number of fused-ring (bicyclic) bond motifs is 3. The van der Waals surface area contributed by atoms with E-state index in [2.05, 4.69) is 28.1 Å². The largest absolute Gasteiger partial charge is 0.459 e. The standard InChI is InChI=1S/C44H54N4O8/c1-28(45-24-38(49)56-44(2,3)4)40(50)47-39(30-17-9-6-10-18-30)41(51)48-25-31(23-37(48)42(52)54-26-29-15-7-5-8-16-29)46-43(53)55-27-36-34-21-13-11-19-32(34)33-20-12-14-22-35(33)36/h5,7-8,11-16,19-22,28,30-31,36-37,39,45H,6,9-10,17-18,23-27H2,1-4H3,(H,46,53)(H,47,50)/t28-,31-,37?,39-/m0/s1. The van der Waals surface area contributed by atoms with Crippen LogP contribution in [0.5, 0.6) is 0 Å². The van der Waals surface area contributed by atoms with Crippen molar-refractivity contribution in [1.82, 2.24) is 20.9 Å². The molecule has 1 saturated heterocycles. The summed E-state index contributed by atoms with van der Waals surface area (Å²) in [7, 11) is 0. The van der Waals surface area contributed by atoms with Gasteiger partial charge in [0.05, 0.1) is 18.6 Å². The molecule has 1 heterocycles. The van der Waals surface area contributed by atoms with Crippen LogP contribution < -0.4 is 16.0 Å². The molecule has 12 nitrogen and oxygen atoms in total. The van der Waals surface area contributed by atoms with Gasteiger partial charge in [-0.15, -0.1) is 0 Å². The minimum atomic E-state index is -1.00. The first kappa shape index (κ1) is 40.4. The summed E-state index contributed by atoms with van der Waals surface area (Å²) in [5.41, 5.74) is 4.54. The lowest BCUT2D eigenvalue weighted by atomic mass is 9.83. The van der Waals surface area contributed by atoms with Crippen LogP contribution in [0.1, 0.15) is 88.8 Å². The Morgan fingerprint density at radius 1 is 0.821 bits per heavy atom. The molecule has 1 saturated carbocycles. The molecule has 3 aromatic rings. The van der Waals surface area contributed by atoms with Gasteiger partial charge in [-0.05, 0) is 74.3 Å². The van der Waals surface area contributed by atoms with E-state index in [-0.39, 0.29) is 44.6 Å². The first-order valence-electron chi connectivity index (χ1n) is 19.8. The number of hydrogen-bond donors (Lipinski definition) is 3. The number of likely N-dealkylation sites (tertiary alicyclic amines) is 1. The van der Waals surface area contributed by atoms with Crippen LogP contribution in [0.4, 0.5) is 4.79 Å². The SMILES string of the molecule is C[C@H](NCC(=O)OC(C)(C)C)C(=O)N[C@H](C(=O)N1C[C@@H](NC(=O)OCC2c3ccccc3-c3ccccc32)CC1C(=O)OCc1ccccc1)C1CCCCC1. The molecule has 3 amide bonds. The second kappa shape index (κ2) is 18.1. The third-order valence-corrected chi connectivity index (χ3v) is 10.8. The molecule has 56 heavy (non-hydrogen) atoms.